The van der Waals surface area contributed by atoms with E-state index in [0.29, 0.717) is 5.84 Å². The van der Waals surface area contributed by atoms with Crippen LogP contribution < -0.4 is 4.72 Å². The molecule has 1 aromatic rings. The lowest BCUT2D eigenvalue weighted by Gasteiger charge is -2.08. The quantitative estimate of drug-likeness (QED) is 0.663. The highest BCUT2D eigenvalue weighted by atomic mass is 32.2. The van der Waals surface area contributed by atoms with Crippen molar-refractivity contribution in [2.45, 2.75) is 38.6 Å². The van der Waals surface area contributed by atoms with Crippen LogP contribution in [0, 0.1) is 6.92 Å². The molecule has 0 heterocycles. The van der Waals surface area contributed by atoms with Gasteiger partial charge in [-0.15, -0.1) is 0 Å². The molecule has 4 nitrogen and oxygen atoms in total. The van der Waals surface area contributed by atoms with Gasteiger partial charge < -0.3 is 0 Å². The van der Waals surface area contributed by atoms with Crippen molar-refractivity contribution in [3.8, 4) is 0 Å². The number of benzene rings is 1. The van der Waals surface area contributed by atoms with E-state index in [-0.39, 0.29) is 10.9 Å². The Morgan fingerprint density at radius 3 is 2.24 bits per heavy atom. The Kier molecular flexibility index (Phi) is 4.28. The number of hydrogen-bond acceptors (Lipinski definition) is 3. The first-order valence-electron chi connectivity index (χ1n) is 5.45. The van der Waals surface area contributed by atoms with E-state index < -0.39 is 10.0 Å². The summed E-state index contributed by atoms with van der Waals surface area (Å²) in [5.74, 6) is 0.403. The highest BCUT2D eigenvalue weighted by Crippen LogP contribution is 2.09. The van der Waals surface area contributed by atoms with Crippen molar-refractivity contribution < 1.29 is 8.42 Å². The van der Waals surface area contributed by atoms with Gasteiger partial charge in [0.25, 0.3) is 10.0 Å². The molecule has 0 unspecified atom stereocenters. The maximum atomic E-state index is 11.9. The maximum absolute atomic E-state index is 11.9. The molecule has 1 N–H and O–H groups in total. The number of nitrogens with one attached hydrogen (secondary N) is 1. The minimum atomic E-state index is -3.50. The lowest BCUT2D eigenvalue weighted by Crippen LogP contribution is -2.29. The first-order valence-corrected chi connectivity index (χ1v) is 6.93. The van der Waals surface area contributed by atoms with Crippen molar-refractivity contribution in [1.29, 1.82) is 0 Å². The second kappa shape index (κ2) is 5.31. The van der Waals surface area contributed by atoms with Gasteiger partial charge in [-0.1, -0.05) is 17.7 Å². The Hall–Kier alpha value is -1.36. The lowest BCUT2D eigenvalue weighted by molar-refractivity contribution is 0.592. The highest BCUT2D eigenvalue weighted by molar-refractivity contribution is 7.90. The van der Waals surface area contributed by atoms with Gasteiger partial charge in [0.1, 0.15) is 5.84 Å². The molecule has 1 aromatic carbocycles. The fourth-order valence-corrected chi connectivity index (χ4v) is 2.44. The Balaban J connectivity index is 2.93. The van der Waals surface area contributed by atoms with Crippen LogP contribution in [0.1, 0.15) is 26.3 Å². The van der Waals surface area contributed by atoms with Gasteiger partial charge in [-0.25, -0.2) is 8.42 Å². The standard InChI is InChI=1S/C12H18N2O2S/c1-9(2)13-11(4)14-17(15,16)12-7-5-10(3)6-8-12/h5-9H,1-4H3,(H,13,14). The number of aryl methyl sites for hydroxylation is 1. The molecular formula is C12H18N2O2S. The van der Waals surface area contributed by atoms with Gasteiger partial charge in [-0.3, -0.25) is 9.71 Å². The summed E-state index contributed by atoms with van der Waals surface area (Å²) in [5, 5.41) is 0. The third-order valence-corrected chi connectivity index (χ3v) is 3.52. The van der Waals surface area contributed by atoms with Crippen LogP contribution in [0.4, 0.5) is 0 Å². The van der Waals surface area contributed by atoms with E-state index in [1.54, 1.807) is 31.2 Å². The second-order valence-electron chi connectivity index (χ2n) is 4.23. The predicted octanol–water partition coefficient (Wildman–Crippen LogP) is 2.10. The van der Waals surface area contributed by atoms with E-state index in [4.69, 9.17) is 0 Å². The molecule has 0 saturated carbocycles. The number of sulfonamides is 1. The van der Waals surface area contributed by atoms with Crippen LogP contribution in [0.5, 0.6) is 0 Å². The van der Waals surface area contributed by atoms with Crippen molar-refractivity contribution in [3.05, 3.63) is 29.8 Å². The molecule has 0 atom stereocenters. The van der Waals surface area contributed by atoms with Crippen molar-refractivity contribution in [1.82, 2.24) is 4.72 Å². The molecule has 17 heavy (non-hydrogen) atoms. The number of amidine groups is 1. The Labute approximate surface area is 103 Å². The molecule has 0 aliphatic rings. The molecule has 94 valence electrons. The minimum absolute atomic E-state index is 0.0655. The molecule has 0 saturated heterocycles. The van der Waals surface area contributed by atoms with Crippen LogP contribution in [0.15, 0.2) is 34.2 Å². The SMILES string of the molecule is CC(=NC(C)C)NS(=O)(=O)c1ccc(C)cc1. The number of rotatable bonds is 3. The van der Waals surface area contributed by atoms with Gasteiger partial charge in [0, 0.05) is 6.04 Å². The van der Waals surface area contributed by atoms with Gasteiger partial charge in [0.05, 0.1) is 4.90 Å². The average molecular weight is 254 g/mol. The largest absolute Gasteiger partial charge is 0.269 e. The molecule has 5 heteroatoms. The maximum Gasteiger partial charge on any atom is 0.262 e. The van der Waals surface area contributed by atoms with Crippen LogP contribution in [0.2, 0.25) is 0 Å². The summed E-state index contributed by atoms with van der Waals surface area (Å²) in [6, 6.07) is 6.77. The third-order valence-electron chi connectivity index (χ3n) is 2.07. The summed E-state index contributed by atoms with van der Waals surface area (Å²) >= 11 is 0. The topological polar surface area (TPSA) is 58.5 Å². The smallest absolute Gasteiger partial charge is 0.262 e. The summed E-state index contributed by atoms with van der Waals surface area (Å²) in [6.45, 7) is 7.34. The zero-order valence-corrected chi connectivity index (χ0v) is 11.4. The first-order chi connectivity index (χ1) is 7.81. The zero-order valence-electron chi connectivity index (χ0n) is 10.6. The van der Waals surface area contributed by atoms with E-state index in [2.05, 4.69) is 9.71 Å². The first kappa shape index (κ1) is 13.7. The molecule has 0 spiro atoms. The molecule has 0 bridgehead atoms. The van der Waals surface area contributed by atoms with Crippen LogP contribution >= 0.6 is 0 Å². The van der Waals surface area contributed by atoms with Crippen molar-refractivity contribution >= 4 is 15.9 Å². The zero-order chi connectivity index (χ0) is 13.1. The van der Waals surface area contributed by atoms with Gasteiger partial charge in [0.2, 0.25) is 0 Å². The van der Waals surface area contributed by atoms with Crippen molar-refractivity contribution in [2.75, 3.05) is 0 Å². The monoisotopic (exact) mass is 254 g/mol. The molecule has 0 radical (unpaired) electrons. The van der Waals surface area contributed by atoms with E-state index in [1.165, 1.54) is 0 Å². The van der Waals surface area contributed by atoms with Crippen LogP contribution in [-0.4, -0.2) is 20.3 Å². The molecule has 1 rings (SSSR count). The predicted molar refractivity (Wildman–Crippen MR) is 69.7 cm³/mol. The van der Waals surface area contributed by atoms with Gasteiger partial charge in [-0.05, 0) is 39.8 Å². The van der Waals surface area contributed by atoms with Crippen LogP contribution in [0.3, 0.4) is 0 Å². The van der Waals surface area contributed by atoms with Gasteiger partial charge in [0.15, 0.2) is 0 Å². The highest BCUT2D eigenvalue weighted by Gasteiger charge is 2.13. The third kappa shape index (κ3) is 4.19. The molecule has 0 aliphatic carbocycles. The average Bonchev–Trinajstić information content (AvgIpc) is 2.15. The normalized spacial score (nSPS) is 12.9. The second-order valence-corrected chi connectivity index (χ2v) is 5.91. The van der Waals surface area contributed by atoms with E-state index in [0.717, 1.165) is 5.56 Å². The fraction of sp³-hybridized carbons (Fsp3) is 0.417. The van der Waals surface area contributed by atoms with Crippen LogP contribution in [-0.2, 0) is 10.0 Å². The molecular weight excluding hydrogens is 236 g/mol. The summed E-state index contributed by atoms with van der Waals surface area (Å²) in [6.07, 6.45) is 0. The minimum Gasteiger partial charge on any atom is -0.269 e. The summed E-state index contributed by atoms with van der Waals surface area (Å²) in [4.78, 5) is 4.38. The number of nitrogens with zero attached hydrogens (tertiary/aromatic N) is 1. The van der Waals surface area contributed by atoms with E-state index >= 15 is 0 Å². The lowest BCUT2D eigenvalue weighted by atomic mass is 10.2. The summed E-state index contributed by atoms with van der Waals surface area (Å²) in [5.41, 5.74) is 1.02. The van der Waals surface area contributed by atoms with E-state index in [9.17, 15) is 8.42 Å². The molecule has 0 aromatic heterocycles. The van der Waals surface area contributed by atoms with Crippen LogP contribution in [0.25, 0.3) is 0 Å². The number of hydrogen-bond donors (Lipinski definition) is 1. The van der Waals surface area contributed by atoms with Gasteiger partial charge in [-0.2, -0.15) is 0 Å². The van der Waals surface area contributed by atoms with Gasteiger partial charge >= 0.3 is 0 Å². The summed E-state index contributed by atoms with van der Waals surface area (Å²) < 4.78 is 26.3. The Morgan fingerprint density at radius 2 is 1.76 bits per heavy atom. The Morgan fingerprint density at radius 1 is 1.24 bits per heavy atom. The molecule has 0 aliphatic heterocycles. The van der Waals surface area contributed by atoms with Crippen molar-refractivity contribution in [2.24, 2.45) is 4.99 Å². The summed E-state index contributed by atoms with van der Waals surface area (Å²) in [7, 11) is -3.50. The Bertz CT molecular complexity index is 502. The fourth-order valence-electron chi connectivity index (χ4n) is 1.38. The number of aliphatic imine (C=N–C) groups is 1. The van der Waals surface area contributed by atoms with Crippen molar-refractivity contribution in [3.63, 3.8) is 0 Å². The molecule has 0 amide bonds. The molecule has 0 fully saturated rings. The van der Waals surface area contributed by atoms with E-state index in [1.807, 2.05) is 20.8 Å².